The van der Waals surface area contributed by atoms with E-state index in [1.165, 1.54) is 29.0 Å². The minimum atomic E-state index is -1.31. The van der Waals surface area contributed by atoms with Crippen LogP contribution < -0.4 is 5.43 Å². The zero-order chi connectivity index (χ0) is 14.2. The molecule has 0 radical (unpaired) electrons. The smallest absolute Gasteiger partial charge is 0.341 e. The third kappa shape index (κ3) is 2.05. The second kappa shape index (κ2) is 4.52. The van der Waals surface area contributed by atoms with Crippen LogP contribution in [0.5, 0.6) is 0 Å². The van der Waals surface area contributed by atoms with Crippen LogP contribution in [-0.4, -0.2) is 20.6 Å². The summed E-state index contributed by atoms with van der Waals surface area (Å²) in [6, 6.07) is 3.75. The summed E-state index contributed by atoms with van der Waals surface area (Å²) in [6.07, 6.45) is 1.21. The highest BCUT2D eigenvalue weighted by Gasteiger charge is 2.16. The molecule has 2 rings (SSSR count). The van der Waals surface area contributed by atoms with Crippen molar-refractivity contribution in [1.29, 1.82) is 0 Å². The molecule has 0 atom stereocenters. The Hall–Kier alpha value is -2.70. The fourth-order valence-corrected chi connectivity index (χ4v) is 1.91. The van der Waals surface area contributed by atoms with Crippen molar-refractivity contribution in [3.63, 3.8) is 0 Å². The maximum atomic E-state index is 12.0. The van der Waals surface area contributed by atoms with E-state index in [1.807, 2.05) is 0 Å². The van der Waals surface area contributed by atoms with Crippen LogP contribution in [0.2, 0.25) is 0 Å². The van der Waals surface area contributed by atoms with Gasteiger partial charge in [0.2, 0.25) is 5.43 Å². The number of hydrogen-bond acceptors (Lipinski definition) is 4. The van der Waals surface area contributed by atoms with E-state index in [0.717, 1.165) is 0 Å². The second-order valence-electron chi connectivity index (χ2n) is 3.92. The third-order valence-electron chi connectivity index (χ3n) is 2.85. The molecule has 19 heavy (non-hydrogen) atoms. The summed E-state index contributed by atoms with van der Waals surface area (Å²) < 4.78 is 1.51. The molecule has 0 aliphatic heterocycles. The summed E-state index contributed by atoms with van der Waals surface area (Å²) in [6.45, 7) is 2.16. The van der Waals surface area contributed by atoms with Gasteiger partial charge in [-0.3, -0.25) is 14.9 Å². The highest BCUT2D eigenvalue weighted by molar-refractivity contribution is 5.93. The molecule has 1 aromatic heterocycles. The number of nitro benzene ring substituents is 1. The fourth-order valence-electron chi connectivity index (χ4n) is 1.91. The van der Waals surface area contributed by atoms with E-state index in [2.05, 4.69) is 0 Å². The minimum Gasteiger partial charge on any atom is -0.477 e. The Kier molecular flexibility index (Phi) is 3.04. The summed E-state index contributed by atoms with van der Waals surface area (Å²) in [5.74, 6) is -1.31. The van der Waals surface area contributed by atoms with Gasteiger partial charge in [-0.05, 0) is 13.0 Å². The number of fused-ring (bicyclic) bond motifs is 1. The Balaban J connectivity index is 2.90. The molecule has 1 heterocycles. The van der Waals surface area contributed by atoms with Crippen LogP contribution in [0.1, 0.15) is 17.3 Å². The molecule has 0 aliphatic rings. The van der Waals surface area contributed by atoms with E-state index in [4.69, 9.17) is 5.11 Å². The molecule has 0 saturated carbocycles. The maximum Gasteiger partial charge on any atom is 0.341 e. The SMILES string of the molecule is CCn1cc(C(=O)O)c(=O)c2ccc([N+](=O)[O-])cc21. The number of carboxylic acid groups (broad SMARTS) is 1. The van der Waals surface area contributed by atoms with Crippen molar-refractivity contribution < 1.29 is 14.8 Å². The molecule has 0 spiro atoms. The van der Waals surface area contributed by atoms with E-state index < -0.39 is 16.3 Å². The first-order valence-corrected chi connectivity index (χ1v) is 5.50. The number of rotatable bonds is 3. The van der Waals surface area contributed by atoms with Gasteiger partial charge < -0.3 is 9.67 Å². The Morgan fingerprint density at radius 1 is 1.47 bits per heavy atom. The van der Waals surface area contributed by atoms with Crippen LogP contribution in [-0.2, 0) is 6.54 Å². The van der Waals surface area contributed by atoms with Crippen molar-refractivity contribution in [2.45, 2.75) is 13.5 Å². The van der Waals surface area contributed by atoms with Crippen molar-refractivity contribution in [3.8, 4) is 0 Å². The highest BCUT2D eigenvalue weighted by atomic mass is 16.6. The van der Waals surface area contributed by atoms with Crippen LogP contribution in [0.3, 0.4) is 0 Å². The van der Waals surface area contributed by atoms with Gasteiger partial charge in [-0.15, -0.1) is 0 Å². The third-order valence-corrected chi connectivity index (χ3v) is 2.85. The summed E-state index contributed by atoms with van der Waals surface area (Å²) in [5.41, 5.74) is -0.769. The monoisotopic (exact) mass is 262 g/mol. The number of non-ortho nitro benzene ring substituents is 1. The maximum absolute atomic E-state index is 12.0. The lowest BCUT2D eigenvalue weighted by atomic mass is 10.1. The zero-order valence-corrected chi connectivity index (χ0v) is 9.99. The first-order valence-electron chi connectivity index (χ1n) is 5.50. The molecule has 1 aromatic carbocycles. The van der Waals surface area contributed by atoms with Crippen LogP contribution in [0, 0.1) is 10.1 Å². The number of nitro groups is 1. The van der Waals surface area contributed by atoms with Crippen LogP contribution in [0.4, 0.5) is 5.69 Å². The lowest BCUT2D eigenvalue weighted by molar-refractivity contribution is -0.384. The molecule has 1 N–H and O–H groups in total. The predicted octanol–water partition coefficient (Wildman–Crippen LogP) is 1.63. The number of aromatic carboxylic acids is 1. The van der Waals surface area contributed by atoms with Gasteiger partial charge in [-0.2, -0.15) is 0 Å². The largest absolute Gasteiger partial charge is 0.477 e. The average molecular weight is 262 g/mol. The number of carbonyl (C=O) groups is 1. The van der Waals surface area contributed by atoms with E-state index >= 15 is 0 Å². The van der Waals surface area contributed by atoms with Gasteiger partial charge >= 0.3 is 5.97 Å². The summed E-state index contributed by atoms with van der Waals surface area (Å²) in [4.78, 5) is 33.1. The number of aryl methyl sites for hydroxylation is 1. The van der Waals surface area contributed by atoms with E-state index in [-0.39, 0.29) is 16.6 Å². The molecule has 0 amide bonds. The summed E-state index contributed by atoms with van der Waals surface area (Å²) >= 11 is 0. The number of aromatic nitrogens is 1. The van der Waals surface area contributed by atoms with Crippen molar-refractivity contribution >= 4 is 22.6 Å². The molecular weight excluding hydrogens is 252 g/mol. The van der Waals surface area contributed by atoms with Crippen molar-refractivity contribution in [2.24, 2.45) is 0 Å². The molecule has 7 heteroatoms. The number of benzene rings is 1. The highest BCUT2D eigenvalue weighted by Crippen LogP contribution is 2.19. The topological polar surface area (TPSA) is 102 Å². The van der Waals surface area contributed by atoms with Crippen LogP contribution in [0.25, 0.3) is 10.9 Å². The van der Waals surface area contributed by atoms with Crippen LogP contribution in [0.15, 0.2) is 29.2 Å². The van der Waals surface area contributed by atoms with Crippen LogP contribution >= 0.6 is 0 Å². The van der Waals surface area contributed by atoms with E-state index in [0.29, 0.717) is 12.1 Å². The van der Waals surface area contributed by atoms with E-state index in [9.17, 15) is 19.7 Å². The normalized spacial score (nSPS) is 10.6. The number of pyridine rings is 1. The summed E-state index contributed by atoms with van der Waals surface area (Å²) in [7, 11) is 0. The van der Waals surface area contributed by atoms with E-state index in [1.54, 1.807) is 6.92 Å². The molecule has 2 aromatic rings. The number of carboxylic acids is 1. The van der Waals surface area contributed by atoms with Crippen molar-refractivity contribution in [1.82, 2.24) is 4.57 Å². The van der Waals surface area contributed by atoms with Gasteiger partial charge in [0.1, 0.15) is 5.56 Å². The fraction of sp³-hybridized carbons (Fsp3) is 0.167. The number of nitrogens with zero attached hydrogens (tertiary/aromatic N) is 2. The van der Waals surface area contributed by atoms with Crippen molar-refractivity contribution in [3.05, 3.63) is 50.3 Å². The lowest BCUT2D eigenvalue weighted by Crippen LogP contribution is -2.18. The minimum absolute atomic E-state index is 0.142. The quantitative estimate of drug-likeness (QED) is 0.668. The first-order chi connectivity index (χ1) is 8.95. The summed E-state index contributed by atoms with van der Waals surface area (Å²) in [5, 5.41) is 19.9. The molecule has 0 bridgehead atoms. The molecule has 0 aliphatic carbocycles. The molecule has 0 unspecified atom stereocenters. The number of hydrogen-bond donors (Lipinski definition) is 1. The molecule has 7 nitrogen and oxygen atoms in total. The predicted molar refractivity (Wildman–Crippen MR) is 67.5 cm³/mol. The van der Waals surface area contributed by atoms with Gasteiger partial charge in [0.05, 0.1) is 10.4 Å². The van der Waals surface area contributed by atoms with Gasteiger partial charge in [0, 0.05) is 30.3 Å². The Labute approximate surface area is 106 Å². The Morgan fingerprint density at radius 3 is 2.68 bits per heavy atom. The molecule has 0 saturated heterocycles. The van der Waals surface area contributed by atoms with Crippen molar-refractivity contribution in [2.75, 3.05) is 0 Å². The van der Waals surface area contributed by atoms with Gasteiger partial charge in [0.25, 0.3) is 5.69 Å². The zero-order valence-electron chi connectivity index (χ0n) is 9.99. The Morgan fingerprint density at radius 2 is 2.16 bits per heavy atom. The average Bonchev–Trinajstić information content (AvgIpc) is 2.38. The molecular formula is C12H10N2O5. The second-order valence-corrected chi connectivity index (χ2v) is 3.92. The van der Waals surface area contributed by atoms with Gasteiger partial charge in [-0.25, -0.2) is 4.79 Å². The molecule has 98 valence electrons. The standard InChI is InChI=1S/C12H10N2O5/c1-2-13-6-9(12(16)17)11(15)8-4-3-7(14(18)19)5-10(8)13/h3-6H,2H2,1H3,(H,16,17). The molecule has 0 fully saturated rings. The lowest BCUT2D eigenvalue weighted by Gasteiger charge is -2.09. The Bertz CT molecular complexity index is 748. The van der Waals surface area contributed by atoms with Gasteiger partial charge in [-0.1, -0.05) is 0 Å². The van der Waals surface area contributed by atoms with Gasteiger partial charge in [0.15, 0.2) is 0 Å². The first kappa shape index (κ1) is 12.7.